The second kappa shape index (κ2) is 3.35. The first-order chi connectivity index (χ1) is 6.86. The van der Waals surface area contributed by atoms with E-state index in [1.807, 2.05) is 18.2 Å². The van der Waals surface area contributed by atoms with E-state index in [0.29, 0.717) is 11.3 Å². The molecule has 68 valence electrons. The maximum Gasteiger partial charge on any atom is 0.137 e. The standard InChI is InChI=1S/C11H8N2O/c1-14-11-5-4-10-8(9(11)7-12)3-2-6-13-10/h2-6H,1H3. The van der Waals surface area contributed by atoms with Crippen molar-refractivity contribution < 1.29 is 4.74 Å². The smallest absolute Gasteiger partial charge is 0.137 e. The third-order valence-corrected chi connectivity index (χ3v) is 2.08. The normalized spacial score (nSPS) is 9.71. The summed E-state index contributed by atoms with van der Waals surface area (Å²) in [5, 5.41) is 9.82. The Hall–Kier alpha value is -2.08. The zero-order chi connectivity index (χ0) is 9.97. The molecule has 1 aromatic heterocycles. The molecule has 3 nitrogen and oxygen atoms in total. The Balaban J connectivity index is 2.85. The number of nitrogens with zero attached hydrogens (tertiary/aromatic N) is 2. The minimum atomic E-state index is 0.540. The van der Waals surface area contributed by atoms with Gasteiger partial charge in [0, 0.05) is 11.6 Å². The molecule has 0 radical (unpaired) electrons. The average Bonchev–Trinajstić information content (AvgIpc) is 2.27. The van der Waals surface area contributed by atoms with Gasteiger partial charge in [-0.25, -0.2) is 0 Å². The molecule has 0 N–H and O–H groups in total. The molecule has 0 aliphatic rings. The van der Waals surface area contributed by atoms with E-state index in [4.69, 9.17) is 10.00 Å². The summed E-state index contributed by atoms with van der Waals surface area (Å²) in [5.41, 5.74) is 1.35. The van der Waals surface area contributed by atoms with Gasteiger partial charge in [0.15, 0.2) is 0 Å². The van der Waals surface area contributed by atoms with Gasteiger partial charge < -0.3 is 4.74 Å². The molecule has 0 bridgehead atoms. The van der Waals surface area contributed by atoms with Crippen molar-refractivity contribution in [3.63, 3.8) is 0 Å². The lowest BCUT2D eigenvalue weighted by Crippen LogP contribution is -1.89. The van der Waals surface area contributed by atoms with Gasteiger partial charge in [-0.3, -0.25) is 4.98 Å². The van der Waals surface area contributed by atoms with Crippen LogP contribution < -0.4 is 4.74 Å². The topological polar surface area (TPSA) is 45.9 Å². The Morgan fingerprint density at radius 1 is 1.36 bits per heavy atom. The van der Waals surface area contributed by atoms with E-state index in [9.17, 15) is 0 Å². The molecule has 14 heavy (non-hydrogen) atoms. The molecule has 1 heterocycles. The first-order valence-corrected chi connectivity index (χ1v) is 4.18. The van der Waals surface area contributed by atoms with Crippen molar-refractivity contribution in [3.05, 3.63) is 36.0 Å². The predicted molar refractivity (Wildman–Crippen MR) is 53.0 cm³/mol. The third-order valence-electron chi connectivity index (χ3n) is 2.08. The van der Waals surface area contributed by atoms with Crippen LogP contribution in [-0.4, -0.2) is 12.1 Å². The first-order valence-electron chi connectivity index (χ1n) is 4.18. The van der Waals surface area contributed by atoms with E-state index in [1.54, 1.807) is 19.4 Å². The summed E-state index contributed by atoms with van der Waals surface area (Å²) in [7, 11) is 1.55. The van der Waals surface area contributed by atoms with Crippen LogP contribution in [0.15, 0.2) is 30.5 Å². The molecule has 2 aromatic rings. The first kappa shape index (κ1) is 8.52. The van der Waals surface area contributed by atoms with Crippen molar-refractivity contribution in [1.29, 1.82) is 5.26 Å². The Morgan fingerprint density at radius 2 is 2.21 bits per heavy atom. The van der Waals surface area contributed by atoms with Crippen LogP contribution in [0, 0.1) is 11.3 Å². The van der Waals surface area contributed by atoms with E-state index in [1.165, 1.54) is 0 Å². The molecule has 0 spiro atoms. The second-order valence-corrected chi connectivity index (χ2v) is 2.82. The van der Waals surface area contributed by atoms with Crippen LogP contribution in [-0.2, 0) is 0 Å². The highest BCUT2D eigenvalue weighted by atomic mass is 16.5. The molecule has 0 fully saturated rings. The van der Waals surface area contributed by atoms with Gasteiger partial charge in [0.25, 0.3) is 0 Å². The lowest BCUT2D eigenvalue weighted by Gasteiger charge is -2.04. The number of pyridine rings is 1. The van der Waals surface area contributed by atoms with Crippen molar-refractivity contribution in [3.8, 4) is 11.8 Å². The Kier molecular flexibility index (Phi) is 2.04. The Bertz CT molecular complexity index is 514. The highest BCUT2D eigenvalue weighted by Crippen LogP contribution is 2.25. The van der Waals surface area contributed by atoms with Crippen molar-refractivity contribution in [2.24, 2.45) is 0 Å². The summed E-state index contributed by atoms with van der Waals surface area (Å²) < 4.78 is 5.09. The molecule has 0 atom stereocenters. The maximum absolute atomic E-state index is 8.99. The van der Waals surface area contributed by atoms with Crippen LogP contribution in [0.3, 0.4) is 0 Å². The molecule has 0 saturated carbocycles. The third kappa shape index (κ3) is 1.17. The zero-order valence-corrected chi connectivity index (χ0v) is 7.69. The number of methoxy groups -OCH3 is 1. The quantitative estimate of drug-likeness (QED) is 0.681. The van der Waals surface area contributed by atoms with E-state index in [2.05, 4.69) is 11.1 Å². The molecule has 0 aliphatic carbocycles. The van der Waals surface area contributed by atoms with E-state index >= 15 is 0 Å². The van der Waals surface area contributed by atoms with Gasteiger partial charge in [0.05, 0.1) is 12.6 Å². The molecule has 1 aromatic carbocycles. The minimum Gasteiger partial charge on any atom is -0.495 e. The fourth-order valence-electron chi connectivity index (χ4n) is 1.42. The van der Waals surface area contributed by atoms with E-state index in [0.717, 1.165) is 10.9 Å². The van der Waals surface area contributed by atoms with Gasteiger partial charge >= 0.3 is 0 Å². The highest BCUT2D eigenvalue weighted by molar-refractivity contribution is 5.87. The van der Waals surface area contributed by atoms with Crippen LogP contribution in [0.5, 0.6) is 5.75 Å². The number of fused-ring (bicyclic) bond motifs is 1. The highest BCUT2D eigenvalue weighted by Gasteiger charge is 2.06. The Morgan fingerprint density at radius 3 is 2.93 bits per heavy atom. The van der Waals surface area contributed by atoms with Crippen molar-refractivity contribution in [1.82, 2.24) is 4.98 Å². The minimum absolute atomic E-state index is 0.540. The summed E-state index contributed by atoms with van der Waals surface area (Å²) in [6, 6.07) is 9.40. The number of aromatic nitrogens is 1. The fraction of sp³-hybridized carbons (Fsp3) is 0.0909. The van der Waals surface area contributed by atoms with Gasteiger partial charge in [-0.1, -0.05) is 0 Å². The van der Waals surface area contributed by atoms with Gasteiger partial charge in [-0.15, -0.1) is 0 Å². The van der Waals surface area contributed by atoms with Gasteiger partial charge in [0.2, 0.25) is 0 Å². The number of ether oxygens (including phenoxy) is 1. The number of rotatable bonds is 1. The maximum atomic E-state index is 8.99. The lowest BCUT2D eigenvalue weighted by atomic mass is 10.1. The van der Waals surface area contributed by atoms with Gasteiger partial charge in [-0.05, 0) is 24.3 Å². The summed E-state index contributed by atoms with van der Waals surface area (Å²) in [4.78, 5) is 4.16. The summed E-state index contributed by atoms with van der Waals surface area (Å²) >= 11 is 0. The van der Waals surface area contributed by atoms with Crippen molar-refractivity contribution in [2.45, 2.75) is 0 Å². The average molecular weight is 184 g/mol. The zero-order valence-electron chi connectivity index (χ0n) is 7.69. The van der Waals surface area contributed by atoms with Gasteiger partial charge in [0.1, 0.15) is 17.4 Å². The largest absolute Gasteiger partial charge is 0.495 e. The van der Waals surface area contributed by atoms with Crippen molar-refractivity contribution in [2.75, 3.05) is 7.11 Å². The van der Waals surface area contributed by atoms with Crippen molar-refractivity contribution >= 4 is 10.9 Å². The van der Waals surface area contributed by atoms with Gasteiger partial charge in [-0.2, -0.15) is 5.26 Å². The van der Waals surface area contributed by atoms with Crippen LogP contribution in [0.1, 0.15) is 5.56 Å². The second-order valence-electron chi connectivity index (χ2n) is 2.82. The fourth-order valence-corrected chi connectivity index (χ4v) is 1.42. The summed E-state index contributed by atoms with van der Waals surface area (Å²) in [5.74, 6) is 0.591. The number of hydrogen-bond acceptors (Lipinski definition) is 3. The molecular formula is C11H8N2O. The van der Waals surface area contributed by atoms with E-state index in [-0.39, 0.29) is 0 Å². The van der Waals surface area contributed by atoms with Crippen LogP contribution >= 0.6 is 0 Å². The molecule has 0 saturated heterocycles. The number of hydrogen-bond donors (Lipinski definition) is 0. The molecule has 0 aliphatic heterocycles. The number of benzene rings is 1. The lowest BCUT2D eigenvalue weighted by molar-refractivity contribution is 0.414. The monoisotopic (exact) mass is 184 g/mol. The summed E-state index contributed by atoms with van der Waals surface area (Å²) in [6.45, 7) is 0. The van der Waals surface area contributed by atoms with E-state index < -0.39 is 0 Å². The predicted octanol–water partition coefficient (Wildman–Crippen LogP) is 2.12. The molecule has 0 unspecified atom stereocenters. The molecule has 0 amide bonds. The van der Waals surface area contributed by atoms with Crippen LogP contribution in [0.25, 0.3) is 10.9 Å². The van der Waals surface area contributed by atoms with Crippen LogP contribution in [0.4, 0.5) is 0 Å². The SMILES string of the molecule is COc1ccc2ncccc2c1C#N. The molecule has 3 heteroatoms. The Labute approximate surface area is 81.6 Å². The molecule has 2 rings (SSSR count). The number of nitriles is 1. The van der Waals surface area contributed by atoms with Crippen LogP contribution in [0.2, 0.25) is 0 Å². The molecular weight excluding hydrogens is 176 g/mol. The summed E-state index contributed by atoms with van der Waals surface area (Å²) in [6.07, 6.45) is 1.70.